The highest BCUT2D eigenvalue weighted by molar-refractivity contribution is 6.39. The Morgan fingerprint density at radius 2 is 1.24 bits per heavy atom. The van der Waals surface area contributed by atoms with Crippen molar-refractivity contribution in [3.63, 3.8) is 0 Å². The number of rotatable bonds is 13. The highest BCUT2D eigenvalue weighted by Gasteiger charge is 2.19. The molecule has 2 aromatic carbocycles. The zero-order valence-corrected chi connectivity index (χ0v) is 24.8. The van der Waals surface area contributed by atoms with Gasteiger partial charge in [-0.25, -0.2) is 9.97 Å². The molecule has 4 N–H and O–H groups in total. The van der Waals surface area contributed by atoms with Gasteiger partial charge in [-0.1, -0.05) is 65.7 Å². The quantitative estimate of drug-likeness (QED) is 0.154. The molecule has 216 valence electrons. The molecule has 0 bridgehead atoms. The molecular weight excluding hydrogens is 563 g/mol. The van der Waals surface area contributed by atoms with Crippen molar-refractivity contribution < 1.29 is 19.7 Å². The summed E-state index contributed by atoms with van der Waals surface area (Å²) in [6, 6.07) is 17.4. The summed E-state index contributed by atoms with van der Waals surface area (Å²) in [5, 5.41) is 25.5. The molecule has 0 atom stereocenters. The van der Waals surface area contributed by atoms with Crippen LogP contribution < -0.4 is 20.1 Å². The molecule has 0 aliphatic heterocycles. The van der Waals surface area contributed by atoms with Crippen LogP contribution in [0.3, 0.4) is 0 Å². The van der Waals surface area contributed by atoms with Crippen LogP contribution in [-0.4, -0.2) is 60.7 Å². The molecule has 4 rings (SSSR count). The maximum Gasteiger partial charge on any atom is 0.218 e. The van der Waals surface area contributed by atoms with Crippen molar-refractivity contribution in [2.24, 2.45) is 0 Å². The minimum atomic E-state index is 0.0524. The second-order valence-electron chi connectivity index (χ2n) is 9.31. The molecule has 0 spiro atoms. The molecule has 0 aliphatic rings. The van der Waals surface area contributed by atoms with Gasteiger partial charge in [-0.2, -0.15) is 0 Å². The van der Waals surface area contributed by atoms with Gasteiger partial charge in [0.2, 0.25) is 11.8 Å². The smallest absolute Gasteiger partial charge is 0.218 e. The van der Waals surface area contributed by atoms with Gasteiger partial charge in [-0.15, -0.1) is 0 Å². The zero-order chi connectivity index (χ0) is 29.4. The van der Waals surface area contributed by atoms with Crippen LogP contribution >= 0.6 is 23.2 Å². The lowest BCUT2D eigenvalue weighted by Gasteiger charge is -2.16. The summed E-state index contributed by atoms with van der Waals surface area (Å²) in [5.41, 5.74) is 7.16. The lowest BCUT2D eigenvalue weighted by Crippen LogP contribution is -2.19. The summed E-state index contributed by atoms with van der Waals surface area (Å²) in [5.74, 6) is 0.988. The summed E-state index contributed by atoms with van der Waals surface area (Å²) in [7, 11) is 3.17. The van der Waals surface area contributed by atoms with Gasteiger partial charge in [0.15, 0.2) is 0 Å². The van der Waals surface area contributed by atoms with Gasteiger partial charge in [0.05, 0.1) is 48.9 Å². The maximum absolute atomic E-state index is 9.10. The van der Waals surface area contributed by atoms with Gasteiger partial charge in [-0.05, 0) is 24.6 Å². The number of benzene rings is 2. The number of aliphatic hydroxyl groups excluding tert-OH is 2. The van der Waals surface area contributed by atoms with Crippen molar-refractivity contribution >= 4 is 23.2 Å². The van der Waals surface area contributed by atoms with Gasteiger partial charge in [0.1, 0.15) is 0 Å². The molecule has 2 heterocycles. The first kappa shape index (κ1) is 30.7. The Hall–Kier alpha value is -3.24. The summed E-state index contributed by atoms with van der Waals surface area (Å²) in [4.78, 5) is 9.46. The Balaban J connectivity index is 1.72. The molecule has 10 heteroatoms. The molecule has 4 aromatic rings. The third kappa shape index (κ3) is 6.98. The van der Waals surface area contributed by atoms with E-state index in [0.29, 0.717) is 59.4 Å². The maximum atomic E-state index is 9.10. The number of hydrogen-bond donors (Lipinski definition) is 4. The molecule has 0 amide bonds. The fraction of sp³-hybridized carbons (Fsp3) is 0.290. The molecule has 0 aliphatic carbocycles. The van der Waals surface area contributed by atoms with E-state index in [0.717, 1.165) is 38.9 Å². The fourth-order valence-corrected chi connectivity index (χ4v) is 5.24. The van der Waals surface area contributed by atoms with Gasteiger partial charge >= 0.3 is 0 Å². The third-order valence-electron chi connectivity index (χ3n) is 6.67. The predicted octanol–water partition coefficient (Wildman–Crippen LogP) is 5.27. The topological polar surface area (TPSA) is 109 Å². The van der Waals surface area contributed by atoms with E-state index in [4.69, 9.17) is 52.9 Å². The minimum absolute atomic E-state index is 0.0524. The SMILES string of the molecule is COc1nc(-c2cccc(-c3cccc(-c4cc(C)c(CNCCO)c(OC)n4)c3Cl)c2Cl)ccc1CNCCO. The van der Waals surface area contributed by atoms with Gasteiger partial charge < -0.3 is 30.3 Å². The molecule has 41 heavy (non-hydrogen) atoms. The van der Waals surface area contributed by atoms with Gasteiger partial charge in [0, 0.05) is 59.6 Å². The lowest BCUT2D eigenvalue weighted by atomic mass is 9.97. The zero-order valence-electron chi connectivity index (χ0n) is 23.3. The average molecular weight is 598 g/mol. The number of methoxy groups -OCH3 is 2. The molecular formula is C31H34Cl2N4O4. The number of nitrogens with zero attached hydrogens (tertiary/aromatic N) is 2. The third-order valence-corrected chi connectivity index (χ3v) is 7.48. The van der Waals surface area contributed by atoms with Crippen LogP contribution in [0.15, 0.2) is 54.6 Å². The van der Waals surface area contributed by atoms with Crippen molar-refractivity contribution in [2.75, 3.05) is 40.5 Å². The van der Waals surface area contributed by atoms with E-state index < -0.39 is 0 Å². The van der Waals surface area contributed by atoms with Crippen LogP contribution in [0.1, 0.15) is 16.7 Å². The number of aryl methyl sites for hydroxylation is 1. The van der Waals surface area contributed by atoms with Crippen LogP contribution in [0.2, 0.25) is 10.0 Å². The van der Waals surface area contributed by atoms with Gasteiger partial charge in [-0.3, -0.25) is 0 Å². The molecule has 0 radical (unpaired) electrons. The first-order chi connectivity index (χ1) is 19.9. The van der Waals surface area contributed by atoms with Crippen LogP contribution in [0, 0.1) is 6.92 Å². The Morgan fingerprint density at radius 3 is 1.83 bits per heavy atom. The highest BCUT2D eigenvalue weighted by Crippen LogP contribution is 2.42. The largest absolute Gasteiger partial charge is 0.481 e. The first-order valence-electron chi connectivity index (χ1n) is 13.2. The van der Waals surface area contributed by atoms with Crippen LogP contribution in [0.5, 0.6) is 11.8 Å². The minimum Gasteiger partial charge on any atom is -0.481 e. The van der Waals surface area contributed by atoms with E-state index in [9.17, 15) is 0 Å². The van der Waals surface area contributed by atoms with Crippen LogP contribution in [0.25, 0.3) is 33.6 Å². The molecule has 0 saturated heterocycles. The molecule has 8 nitrogen and oxygen atoms in total. The van der Waals surface area contributed by atoms with E-state index in [2.05, 4.69) is 10.6 Å². The predicted molar refractivity (Wildman–Crippen MR) is 164 cm³/mol. The lowest BCUT2D eigenvalue weighted by molar-refractivity contribution is 0.291. The normalized spacial score (nSPS) is 11.1. The Morgan fingerprint density at radius 1 is 0.707 bits per heavy atom. The van der Waals surface area contributed by atoms with E-state index >= 15 is 0 Å². The number of aromatic nitrogens is 2. The van der Waals surface area contributed by atoms with Crippen molar-refractivity contribution in [1.82, 2.24) is 20.6 Å². The highest BCUT2D eigenvalue weighted by atomic mass is 35.5. The number of ether oxygens (including phenoxy) is 2. The number of aliphatic hydroxyl groups is 2. The van der Waals surface area contributed by atoms with Crippen molar-refractivity contribution in [3.8, 4) is 45.4 Å². The molecule has 0 saturated carbocycles. The van der Waals surface area contributed by atoms with Crippen molar-refractivity contribution in [1.29, 1.82) is 0 Å². The van der Waals surface area contributed by atoms with E-state index in [1.54, 1.807) is 14.2 Å². The average Bonchev–Trinajstić information content (AvgIpc) is 2.98. The summed E-state index contributed by atoms with van der Waals surface area (Å²) in [6.07, 6.45) is 0. The molecule has 2 aromatic heterocycles. The second kappa shape index (κ2) is 14.6. The number of nitrogens with one attached hydrogen (secondary N) is 2. The second-order valence-corrected chi connectivity index (χ2v) is 10.1. The van der Waals surface area contributed by atoms with Gasteiger partial charge in [0.25, 0.3) is 0 Å². The Labute approximate surface area is 250 Å². The van der Waals surface area contributed by atoms with Crippen molar-refractivity contribution in [2.45, 2.75) is 20.0 Å². The Bertz CT molecular complexity index is 1500. The van der Waals surface area contributed by atoms with E-state index in [-0.39, 0.29) is 13.2 Å². The van der Waals surface area contributed by atoms with Crippen LogP contribution in [-0.2, 0) is 13.1 Å². The van der Waals surface area contributed by atoms with Crippen LogP contribution in [0.4, 0.5) is 0 Å². The molecule has 0 unspecified atom stereocenters. The summed E-state index contributed by atoms with van der Waals surface area (Å²) in [6.45, 7) is 4.10. The number of halogens is 2. The van der Waals surface area contributed by atoms with E-state index in [1.807, 2.05) is 61.5 Å². The first-order valence-corrected chi connectivity index (χ1v) is 14.0. The summed E-state index contributed by atoms with van der Waals surface area (Å²) >= 11 is 14.0. The number of hydrogen-bond acceptors (Lipinski definition) is 8. The standard InChI is InChI=1S/C31H34Cl2N4O4/c1-19-16-27(37-31(41-3)25(19)18-35-13-15-39)24-9-5-7-22(29(24)33)21-6-4-8-23(28(21)32)26-11-10-20(17-34-12-14-38)30(36-26)40-2/h4-11,16,34-35,38-39H,12-15,17-18H2,1-3H3. The monoisotopic (exact) mass is 596 g/mol. The molecule has 0 fully saturated rings. The summed E-state index contributed by atoms with van der Waals surface area (Å²) < 4.78 is 11.1. The Kier molecular flexibility index (Phi) is 10.9. The van der Waals surface area contributed by atoms with E-state index in [1.165, 1.54) is 0 Å². The fourth-order valence-electron chi connectivity index (χ4n) is 4.59. The van der Waals surface area contributed by atoms with Crippen molar-refractivity contribution in [3.05, 3.63) is 81.3 Å². The number of pyridine rings is 2.